The normalized spacial score (nSPS) is 12.1. The molecule has 1 unspecified atom stereocenters. The number of carbonyl (C=O) groups is 1. The Morgan fingerprint density at radius 1 is 1.17 bits per heavy atom. The number of hydrogen-bond donors (Lipinski definition) is 2. The van der Waals surface area contributed by atoms with Gasteiger partial charge >= 0.3 is 0 Å². The molecule has 0 radical (unpaired) electrons. The summed E-state index contributed by atoms with van der Waals surface area (Å²) < 4.78 is 0. The Labute approximate surface area is 144 Å². The molecule has 1 amide bonds. The summed E-state index contributed by atoms with van der Waals surface area (Å²) in [5, 5.41) is 4.88. The van der Waals surface area contributed by atoms with Crippen LogP contribution < -0.4 is 10.9 Å². The minimum absolute atomic E-state index is 0.175. The number of fused-ring (bicyclic) bond motifs is 1. The molecule has 1 atom stereocenters. The molecule has 0 aliphatic rings. The maximum Gasteiger partial charge on any atom is 0.268 e. The van der Waals surface area contributed by atoms with Crippen molar-refractivity contribution in [2.24, 2.45) is 0 Å². The number of halogens is 1. The van der Waals surface area contributed by atoms with Crippen LogP contribution in [0.4, 0.5) is 0 Å². The fourth-order valence-electron chi connectivity index (χ4n) is 2.71. The molecule has 1 heterocycles. The lowest BCUT2D eigenvalue weighted by Gasteiger charge is -2.17. The predicted octanol–water partition coefficient (Wildman–Crippen LogP) is 4.06. The van der Waals surface area contributed by atoms with Gasteiger partial charge < -0.3 is 10.3 Å². The molecule has 0 fully saturated rings. The van der Waals surface area contributed by atoms with E-state index in [0.717, 1.165) is 10.9 Å². The van der Waals surface area contributed by atoms with Crippen molar-refractivity contribution >= 4 is 28.3 Å². The number of H-pyrrole nitrogens is 1. The molecular formula is C19H17ClN2O2. The second-order valence-corrected chi connectivity index (χ2v) is 6.03. The van der Waals surface area contributed by atoms with Gasteiger partial charge in [-0.1, -0.05) is 48.9 Å². The maximum atomic E-state index is 12.6. The topological polar surface area (TPSA) is 62.0 Å². The van der Waals surface area contributed by atoms with Crippen LogP contribution in [0.5, 0.6) is 0 Å². The number of amides is 1. The first kappa shape index (κ1) is 16.3. The zero-order valence-corrected chi connectivity index (χ0v) is 13.9. The summed E-state index contributed by atoms with van der Waals surface area (Å²) in [6, 6.07) is 16.1. The fourth-order valence-corrected chi connectivity index (χ4v) is 2.91. The molecule has 0 spiro atoms. The van der Waals surface area contributed by atoms with Crippen LogP contribution in [0.2, 0.25) is 5.02 Å². The maximum absolute atomic E-state index is 12.6. The van der Waals surface area contributed by atoms with E-state index in [1.807, 2.05) is 37.3 Å². The summed E-state index contributed by atoms with van der Waals surface area (Å²) >= 11 is 6.03. The van der Waals surface area contributed by atoms with E-state index >= 15 is 0 Å². The van der Waals surface area contributed by atoms with Crippen LogP contribution >= 0.6 is 11.6 Å². The molecule has 3 rings (SSSR count). The summed E-state index contributed by atoms with van der Waals surface area (Å²) in [4.78, 5) is 27.3. The summed E-state index contributed by atoms with van der Waals surface area (Å²) in [6.07, 6.45) is 0.712. The van der Waals surface area contributed by atoms with Crippen molar-refractivity contribution in [1.29, 1.82) is 0 Å². The lowest BCUT2D eigenvalue weighted by Crippen LogP contribution is -2.30. The van der Waals surface area contributed by atoms with Crippen LogP contribution in [0, 0.1) is 0 Å². The molecule has 0 bridgehead atoms. The Bertz CT molecular complexity index is 949. The molecule has 2 N–H and O–H groups in total. The Balaban J connectivity index is 1.90. The number of nitrogens with one attached hydrogen (secondary N) is 2. The third-order valence-electron chi connectivity index (χ3n) is 3.96. The van der Waals surface area contributed by atoms with Crippen molar-refractivity contribution < 1.29 is 4.79 Å². The number of carbonyl (C=O) groups excluding carboxylic acids is 1. The molecule has 24 heavy (non-hydrogen) atoms. The Morgan fingerprint density at radius 2 is 1.96 bits per heavy atom. The average Bonchev–Trinajstić information content (AvgIpc) is 2.59. The zero-order chi connectivity index (χ0) is 17.1. The van der Waals surface area contributed by atoms with Crippen molar-refractivity contribution in [3.05, 3.63) is 81.2 Å². The van der Waals surface area contributed by atoms with Crippen LogP contribution in [0.15, 0.2) is 59.4 Å². The standard InChI is InChI=1S/C19H17ClN2O2/c1-2-16(13-7-5-8-14(20)10-13)21-19(24)17-11-12-6-3-4-9-15(12)18(23)22-17/h3-11,16H,2H2,1H3,(H,21,24)(H,22,23). The van der Waals surface area contributed by atoms with E-state index in [1.165, 1.54) is 0 Å². The van der Waals surface area contributed by atoms with Crippen LogP contribution in [0.3, 0.4) is 0 Å². The first-order chi connectivity index (χ1) is 11.6. The number of pyridine rings is 1. The highest BCUT2D eigenvalue weighted by Crippen LogP contribution is 2.21. The van der Waals surface area contributed by atoms with E-state index in [-0.39, 0.29) is 23.2 Å². The van der Waals surface area contributed by atoms with Crippen LogP contribution in [-0.2, 0) is 0 Å². The molecule has 5 heteroatoms. The predicted molar refractivity (Wildman–Crippen MR) is 96.5 cm³/mol. The largest absolute Gasteiger partial charge is 0.344 e. The molecule has 0 saturated carbocycles. The van der Waals surface area contributed by atoms with Crippen molar-refractivity contribution in [2.45, 2.75) is 19.4 Å². The highest BCUT2D eigenvalue weighted by Gasteiger charge is 2.16. The summed E-state index contributed by atoms with van der Waals surface area (Å²) in [7, 11) is 0. The molecule has 0 aliphatic heterocycles. The smallest absolute Gasteiger partial charge is 0.268 e. The second-order valence-electron chi connectivity index (χ2n) is 5.59. The van der Waals surface area contributed by atoms with Crippen molar-refractivity contribution in [3.8, 4) is 0 Å². The average molecular weight is 341 g/mol. The van der Waals surface area contributed by atoms with Crippen LogP contribution in [-0.4, -0.2) is 10.9 Å². The third kappa shape index (κ3) is 3.34. The van der Waals surface area contributed by atoms with Gasteiger partial charge in [0.25, 0.3) is 11.5 Å². The van der Waals surface area contributed by atoms with Gasteiger partial charge in [-0.15, -0.1) is 0 Å². The molecular weight excluding hydrogens is 324 g/mol. The number of hydrogen-bond acceptors (Lipinski definition) is 2. The molecule has 0 aliphatic carbocycles. The minimum Gasteiger partial charge on any atom is -0.344 e. The molecule has 4 nitrogen and oxygen atoms in total. The number of benzene rings is 2. The lowest BCUT2D eigenvalue weighted by atomic mass is 10.0. The van der Waals surface area contributed by atoms with E-state index in [9.17, 15) is 9.59 Å². The first-order valence-corrected chi connectivity index (χ1v) is 8.14. The monoisotopic (exact) mass is 340 g/mol. The summed E-state index contributed by atoms with van der Waals surface area (Å²) in [5.41, 5.74) is 0.912. The van der Waals surface area contributed by atoms with Gasteiger partial charge in [-0.05, 0) is 41.6 Å². The second kappa shape index (κ2) is 6.89. The van der Waals surface area contributed by atoms with Gasteiger partial charge in [0.05, 0.1) is 6.04 Å². The van der Waals surface area contributed by atoms with Crippen LogP contribution in [0.1, 0.15) is 35.4 Å². The third-order valence-corrected chi connectivity index (χ3v) is 4.20. The summed E-state index contributed by atoms with van der Waals surface area (Å²) in [5.74, 6) is -0.315. The highest BCUT2D eigenvalue weighted by molar-refractivity contribution is 6.30. The van der Waals surface area contributed by atoms with E-state index in [4.69, 9.17) is 11.6 Å². The minimum atomic E-state index is -0.315. The van der Waals surface area contributed by atoms with Crippen molar-refractivity contribution in [2.75, 3.05) is 0 Å². The van der Waals surface area contributed by atoms with Gasteiger partial charge in [-0.2, -0.15) is 0 Å². The lowest BCUT2D eigenvalue weighted by molar-refractivity contribution is 0.0930. The summed E-state index contributed by atoms with van der Waals surface area (Å²) in [6.45, 7) is 1.98. The molecule has 1 aromatic heterocycles. The van der Waals surface area contributed by atoms with E-state index in [1.54, 1.807) is 24.3 Å². The van der Waals surface area contributed by atoms with E-state index in [0.29, 0.717) is 16.8 Å². The Morgan fingerprint density at radius 3 is 2.71 bits per heavy atom. The van der Waals surface area contributed by atoms with Crippen molar-refractivity contribution in [3.63, 3.8) is 0 Å². The van der Waals surface area contributed by atoms with Gasteiger partial charge in [-0.3, -0.25) is 9.59 Å². The fraction of sp³-hybridized carbons (Fsp3) is 0.158. The van der Waals surface area contributed by atoms with Gasteiger partial charge in [0.15, 0.2) is 0 Å². The van der Waals surface area contributed by atoms with E-state index in [2.05, 4.69) is 10.3 Å². The highest BCUT2D eigenvalue weighted by atomic mass is 35.5. The quantitative estimate of drug-likeness (QED) is 0.752. The van der Waals surface area contributed by atoms with Gasteiger partial charge in [0, 0.05) is 10.4 Å². The van der Waals surface area contributed by atoms with Crippen molar-refractivity contribution in [1.82, 2.24) is 10.3 Å². The van der Waals surface area contributed by atoms with E-state index < -0.39 is 0 Å². The Hall–Kier alpha value is -2.59. The molecule has 122 valence electrons. The van der Waals surface area contributed by atoms with Crippen LogP contribution in [0.25, 0.3) is 10.8 Å². The van der Waals surface area contributed by atoms with Gasteiger partial charge in [-0.25, -0.2) is 0 Å². The number of aromatic nitrogens is 1. The zero-order valence-electron chi connectivity index (χ0n) is 13.2. The SMILES string of the molecule is CCC(NC(=O)c1cc2ccccc2c(=O)[nH]1)c1cccc(Cl)c1. The first-order valence-electron chi connectivity index (χ1n) is 7.77. The molecule has 2 aromatic carbocycles. The van der Waals surface area contributed by atoms with Gasteiger partial charge in [0.1, 0.15) is 5.69 Å². The number of aromatic amines is 1. The Kier molecular flexibility index (Phi) is 4.67. The van der Waals surface area contributed by atoms with Gasteiger partial charge in [0.2, 0.25) is 0 Å². The molecule has 0 saturated heterocycles. The molecule has 3 aromatic rings. The number of rotatable bonds is 4.